The molecule has 152 valence electrons. The van der Waals surface area contributed by atoms with Crippen molar-refractivity contribution in [3.05, 3.63) is 47.6 Å². The smallest absolute Gasteiger partial charge is 0.191 e. The number of aryl methyl sites for hydroxylation is 3. The van der Waals surface area contributed by atoms with Crippen LogP contribution in [0, 0.1) is 0 Å². The fraction of sp³-hybridized carbons (Fsp3) is 0.450. The summed E-state index contributed by atoms with van der Waals surface area (Å²) in [5.74, 6) is 1.73. The first kappa shape index (κ1) is 22.2. The van der Waals surface area contributed by atoms with E-state index in [9.17, 15) is 0 Å². The highest BCUT2D eigenvalue weighted by Gasteiger charge is 2.13. The molecule has 1 aromatic carbocycles. The number of imidazole rings is 1. The quantitative estimate of drug-likeness (QED) is 0.216. The molecule has 0 amide bonds. The van der Waals surface area contributed by atoms with E-state index in [0.29, 0.717) is 6.54 Å². The van der Waals surface area contributed by atoms with E-state index in [0.717, 1.165) is 60.8 Å². The largest absolute Gasteiger partial charge is 0.361 e. The highest BCUT2D eigenvalue weighted by Crippen LogP contribution is 2.15. The van der Waals surface area contributed by atoms with E-state index in [1.807, 2.05) is 24.5 Å². The normalized spacial score (nSPS) is 11.5. The van der Waals surface area contributed by atoms with Crippen LogP contribution in [-0.2, 0) is 25.9 Å². The molecule has 0 aliphatic carbocycles. The fourth-order valence-electron chi connectivity index (χ4n) is 3.18. The molecule has 2 heterocycles. The topological polar surface area (TPSA) is 80.3 Å². The third kappa shape index (κ3) is 5.24. The van der Waals surface area contributed by atoms with E-state index >= 15 is 0 Å². The monoisotopic (exact) mass is 496 g/mol. The average molecular weight is 496 g/mol. The predicted octanol–water partition coefficient (Wildman–Crippen LogP) is 3.52. The molecular weight excluding hydrogens is 467 g/mol. The number of halogens is 1. The Hall–Kier alpha value is -2.10. The van der Waals surface area contributed by atoms with E-state index in [1.165, 1.54) is 5.52 Å². The van der Waals surface area contributed by atoms with Crippen molar-refractivity contribution in [1.29, 1.82) is 0 Å². The molecule has 2 N–H and O–H groups in total. The second-order valence-electron chi connectivity index (χ2n) is 6.37. The molecule has 0 saturated heterocycles. The van der Waals surface area contributed by atoms with Crippen LogP contribution in [0.3, 0.4) is 0 Å². The Morgan fingerprint density at radius 3 is 2.75 bits per heavy atom. The molecule has 2 aromatic heterocycles. The van der Waals surface area contributed by atoms with Crippen molar-refractivity contribution in [2.75, 3.05) is 13.6 Å². The van der Waals surface area contributed by atoms with Crippen LogP contribution in [0.4, 0.5) is 0 Å². The molecule has 3 aromatic rings. The first-order valence-electron chi connectivity index (χ1n) is 9.57. The molecule has 28 heavy (non-hydrogen) atoms. The van der Waals surface area contributed by atoms with E-state index in [-0.39, 0.29) is 24.0 Å². The molecule has 0 aliphatic heterocycles. The van der Waals surface area contributed by atoms with Crippen molar-refractivity contribution in [1.82, 2.24) is 25.3 Å². The molecule has 0 saturated carbocycles. The lowest BCUT2D eigenvalue weighted by atomic mass is 10.1. The van der Waals surface area contributed by atoms with E-state index in [2.05, 4.69) is 50.2 Å². The van der Waals surface area contributed by atoms with Crippen molar-refractivity contribution in [3.63, 3.8) is 0 Å². The maximum Gasteiger partial charge on any atom is 0.191 e. The summed E-state index contributed by atoms with van der Waals surface area (Å²) < 4.78 is 7.60. The number of nitrogens with one attached hydrogen (secondary N) is 2. The van der Waals surface area contributed by atoms with Gasteiger partial charge in [0.15, 0.2) is 5.96 Å². The van der Waals surface area contributed by atoms with Gasteiger partial charge in [-0.3, -0.25) is 4.99 Å². The Bertz CT molecular complexity index is 880. The summed E-state index contributed by atoms with van der Waals surface area (Å²) in [7, 11) is 1.79. The third-order valence-electron chi connectivity index (χ3n) is 4.66. The summed E-state index contributed by atoms with van der Waals surface area (Å²) >= 11 is 0. The number of rotatable bonds is 8. The summed E-state index contributed by atoms with van der Waals surface area (Å²) in [5, 5.41) is 10.9. The Balaban J connectivity index is 0.00000280. The lowest BCUT2D eigenvalue weighted by molar-refractivity contribution is 0.380. The van der Waals surface area contributed by atoms with Gasteiger partial charge in [0, 0.05) is 38.7 Å². The van der Waals surface area contributed by atoms with Crippen LogP contribution in [0.1, 0.15) is 37.3 Å². The number of nitrogens with zero attached hydrogens (tertiary/aromatic N) is 4. The molecule has 0 aliphatic rings. The highest BCUT2D eigenvalue weighted by atomic mass is 127. The van der Waals surface area contributed by atoms with Gasteiger partial charge >= 0.3 is 0 Å². The Kier molecular flexibility index (Phi) is 8.75. The first-order valence-corrected chi connectivity index (χ1v) is 9.57. The van der Waals surface area contributed by atoms with Crippen LogP contribution in [-0.4, -0.2) is 34.3 Å². The highest BCUT2D eigenvalue weighted by molar-refractivity contribution is 14.0. The summed E-state index contributed by atoms with van der Waals surface area (Å²) in [4.78, 5) is 8.74. The lowest BCUT2D eigenvalue weighted by Crippen LogP contribution is -2.37. The van der Waals surface area contributed by atoms with Crippen LogP contribution in [0.25, 0.3) is 11.0 Å². The number of hydrogen-bond donors (Lipinski definition) is 2. The molecule has 7 nitrogen and oxygen atoms in total. The number of hydrogen-bond acceptors (Lipinski definition) is 4. The number of benzene rings is 1. The zero-order valence-electron chi connectivity index (χ0n) is 16.7. The van der Waals surface area contributed by atoms with Crippen LogP contribution in [0.15, 0.2) is 40.1 Å². The van der Waals surface area contributed by atoms with Crippen LogP contribution < -0.4 is 10.6 Å². The second-order valence-corrected chi connectivity index (χ2v) is 6.37. The minimum Gasteiger partial charge on any atom is -0.361 e. The number of fused-ring (bicyclic) bond motifs is 1. The van der Waals surface area contributed by atoms with Gasteiger partial charge in [-0.25, -0.2) is 4.98 Å². The van der Waals surface area contributed by atoms with Crippen molar-refractivity contribution in [2.45, 2.75) is 46.2 Å². The maximum absolute atomic E-state index is 5.42. The van der Waals surface area contributed by atoms with Crippen LogP contribution in [0.2, 0.25) is 0 Å². The number of para-hydroxylation sites is 2. The molecule has 0 bridgehead atoms. The molecule has 0 atom stereocenters. The SMILES string of the molecule is CCc1noc(CC)c1CNC(=NC)NCCCn1cnc2ccccc21.I. The Morgan fingerprint density at radius 1 is 1.18 bits per heavy atom. The Labute approximate surface area is 183 Å². The zero-order valence-corrected chi connectivity index (χ0v) is 19.1. The summed E-state index contributed by atoms with van der Waals surface area (Å²) in [6.07, 6.45) is 4.59. The predicted molar refractivity (Wildman–Crippen MR) is 123 cm³/mol. The van der Waals surface area contributed by atoms with Gasteiger partial charge in [0.2, 0.25) is 0 Å². The van der Waals surface area contributed by atoms with Gasteiger partial charge in [-0.2, -0.15) is 0 Å². The molecule has 0 spiro atoms. The average Bonchev–Trinajstić information content (AvgIpc) is 3.30. The minimum atomic E-state index is 0. The zero-order chi connectivity index (χ0) is 19.1. The summed E-state index contributed by atoms with van der Waals surface area (Å²) in [5.41, 5.74) is 4.37. The summed E-state index contributed by atoms with van der Waals surface area (Å²) in [6, 6.07) is 8.20. The molecule has 0 radical (unpaired) electrons. The van der Waals surface area contributed by atoms with E-state index in [4.69, 9.17) is 4.52 Å². The summed E-state index contributed by atoms with van der Waals surface area (Å²) in [6.45, 7) is 6.58. The fourth-order valence-corrected chi connectivity index (χ4v) is 3.18. The van der Waals surface area contributed by atoms with Gasteiger partial charge in [-0.15, -0.1) is 24.0 Å². The van der Waals surface area contributed by atoms with Gasteiger partial charge in [0.1, 0.15) is 5.76 Å². The number of guanidine groups is 1. The molecule has 8 heteroatoms. The lowest BCUT2D eigenvalue weighted by Gasteiger charge is -2.12. The Morgan fingerprint density at radius 2 is 2.00 bits per heavy atom. The van der Waals surface area contributed by atoms with Crippen molar-refractivity contribution in [3.8, 4) is 0 Å². The standard InChI is InChI=1S/C20H28N6O.HI/c1-4-16-15(19(5-2)27-25-16)13-23-20(21-3)22-11-8-12-26-14-24-17-9-6-7-10-18(17)26;/h6-7,9-10,14H,4-5,8,11-13H2,1-3H3,(H2,21,22,23);1H. The number of aliphatic imine (C=N–C) groups is 1. The van der Waals surface area contributed by atoms with Gasteiger partial charge in [0.05, 0.1) is 23.1 Å². The maximum atomic E-state index is 5.42. The van der Waals surface area contributed by atoms with Crippen LogP contribution >= 0.6 is 24.0 Å². The van der Waals surface area contributed by atoms with E-state index in [1.54, 1.807) is 7.05 Å². The van der Waals surface area contributed by atoms with Gasteiger partial charge < -0.3 is 19.7 Å². The van der Waals surface area contributed by atoms with Crippen molar-refractivity contribution < 1.29 is 4.52 Å². The molecule has 3 rings (SSSR count). The minimum absolute atomic E-state index is 0. The van der Waals surface area contributed by atoms with Crippen molar-refractivity contribution >= 4 is 41.0 Å². The van der Waals surface area contributed by atoms with Gasteiger partial charge in [-0.05, 0) is 25.0 Å². The third-order valence-corrected chi connectivity index (χ3v) is 4.66. The molecule has 0 unspecified atom stereocenters. The van der Waals surface area contributed by atoms with Gasteiger partial charge in [-0.1, -0.05) is 31.1 Å². The van der Waals surface area contributed by atoms with Crippen LogP contribution in [0.5, 0.6) is 0 Å². The number of aromatic nitrogens is 3. The van der Waals surface area contributed by atoms with Crippen molar-refractivity contribution in [2.24, 2.45) is 4.99 Å². The second kappa shape index (κ2) is 11.0. The molecular formula is C20H29IN6O. The first-order chi connectivity index (χ1) is 13.3. The van der Waals surface area contributed by atoms with Gasteiger partial charge in [0.25, 0.3) is 0 Å². The van der Waals surface area contributed by atoms with E-state index < -0.39 is 0 Å². The molecule has 0 fully saturated rings.